The number of methoxy groups -OCH3 is 3. The van der Waals surface area contributed by atoms with Crippen molar-refractivity contribution in [1.82, 2.24) is 4.90 Å². The number of carbonyl (C=O) groups is 3. The number of allylic oxidation sites excluding steroid dienone is 1. The normalized spacial score (nSPS) is 21.2. The molecular formula is C30H34N2O6S2. The van der Waals surface area contributed by atoms with Crippen molar-refractivity contribution >= 4 is 57.7 Å². The molecule has 2 amide bonds. The van der Waals surface area contributed by atoms with E-state index in [2.05, 4.69) is 18.7 Å². The lowest BCUT2D eigenvalue weighted by atomic mass is 9.92. The number of rotatable bonds is 8. The Labute approximate surface area is 244 Å². The largest absolute Gasteiger partial charge is 0.493 e. The summed E-state index contributed by atoms with van der Waals surface area (Å²) < 4.78 is 16.8. The molecule has 8 nitrogen and oxygen atoms in total. The van der Waals surface area contributed by atoms with Gasteiger partial charge in [0.25, 0.3) is 0 Å². The molecule has 3 atom stereocenters. The maximum Gasteiger partial charge on any atom is 0.247 e. The third kappa shape index (κ3) is 6.33. The van der Waals surface area contributed by atoms with E-state index in [1.165, 1.54) is 44.1 Å². The summed E-state index contributed by atoms with van der Waals surface area (Å²) in [7, 11) is 4.57. The Hall–Kier alpha value is -3.37. The maximum atomic E-state index is 13.2. The predicted octanol–water partition coefficient (Wildman–Crippen LogP) is 5.24. The van der Waals surface area contributed by atoms with E-state index in [-0.39, 0.29) is 24.0 Å². The number of imide groups is 1. The van der Waals surface area contributed by atoms with Crippen molar-refractivity contribution in [2.24, 2.45) is 11.8 Å². The second-order valence-corrected chi connectivity index (χ2v) is 12.0. The monoisotopic (exact) mass is 582 g/mol. The smallest absolute Gasteiger partial charge is 0.247 e. The molecule has 40 heavy (non-hydrogen) atoms. The summed E-state index contributed by atoms with van der Waals surface area (Å²) in [5.74, 6) is 1.67. The van der Waals surface area contributed by atoms with Crippen molar-refractivity contribution in [1.29, 1.82) is 0 Å². The van der Waals surface area contributed by atoms with Crippen LogP contribution in [0.2, 0.25) is 0 Å². The summed E-state index contributed by atoms with van der Waals surface area (Å²) >= 11 is 6.96. The minimum atomic E-state index is -0.548. The van der Waals surface area contributed by atoms with Gasteiger partial charge in [0, 0.05) is 30.6 Å². The summed E-state index contributed by atoms with van der Waals surface area (Å²) in [6.07, 6.45) is 4.33. The van der Waals surface area contributed by atoms with E-state index in [1.807, 2.05) is 0 Å². The van der Waals surface area contributed by atoms with Crippen molar-refractivity contribution in [3.8, 4) is 17.2 Å². The minimum Gasteiger partial charge on any atom is -0.493 e. The predicted molar refractivity (Wildman–Crippen MR) is 162 cm³/mol. The van der Waals surface area contributed by atoms with Crippen molar-refractivity contribution in [2.45, 2.75) is 31.9 Å². The molecule has 0 saturated carbocycles. The van der Waals surface area contributed by atoms with E-state index in [4.69, 9.17) is 26.4 Å². The van der Waals surface area contributed by atoms with Crippen LogP contribution in [0.25, 0.3) is 6.08 Å². The molecule has 2 aromatic rings. The quantitative estimate of drug-likeness (QED) is 0.180. The van der Waals surface area contributed by atoms with Gasteiger partial charge in [-0.2, -0.15) is 0 Å². The molecule has 0 unspecified atom stereocenters. The Morgan fingerprint density at radius 1 is 0.950 bits per heavy atom. The first kappa shape index (κ1) is 29.6. The van der Waals surface area contributed by atoms with Gasteiger partial charge < -0.3 is 19.1 Å². The van der Waals surface area contributed by atoms with Gasteiger partial charge in [-0.05, 0) is 66.8 Å². The van der Waals surface area contributed by atoms with Gasteiger partial charge in [-0.15, -0.1) is 0 Å². The number of likely N-dealkylation sites (tertiary alicyclic amines) is 1. The summed E-state index contributed by atoms with van der Waals surface area (Å²) in [6, 6.07) is 9.95. The lowest BCUT2D eigenvalue weighted by molar-refractivity contribution is -0.121. The first-order valence-electron chi connectivity index (χ1n) is 13.1. The molecule has 0 bridgehead atoms. The molecule has 212 valence electrons. The lowest BCUT2D eigenvalue weighted by Gasteiger charge is -2.36. The summed E-state index contributed by atoms with van der Waals surface area (Å²) in [6.45, 7) is 6.16. The molecule has 0 N–H and O–H groups in total. The molecule has 0 aliphatic carbocycles. The number of thioether (sulfide) groups is 1. The van der Waals surface area contributed by atoms with Gasteiger partial charge in [0.1, 0.15) is 9.57 Å². The van der Waals surface area contributed by atoms with Gasteiger partial charge in [-0.25, -0.2) is 4.90 Å². The molecule has 2 fully saturated rings. The molecular weight excluding hydrogens is 548 g/mol. The van der Waals surface area contributed by atoms with Crippen LogP contribution in [-0.4, -0.2) is 66.5 Å². The van der Waals surface area contributed by atoms with Crippen LogP contribution in [0.15, 0.2) is 42.5 Å². The van der Waals surface area contributed by atoms with E-state index in [0.29, 0.717) is 50.2 Å². The number of carbonyl (C=O) groups excluding carboxylic acids is 3. The highest BCUT2D eigenvalue weighted by atomic mass is 32.2. The fourth-order valence-corrected chi connectivity index (χ4v) is 6.74. The number of hydrogen-bond donors (Lipinski definition) is 0. The number of thiocarbonyl (C=S) groups is 1. The van der Waals surface area contributed by atoms with E-state index in [0.717, 1.165) is 19.5 Å². The highest BCUT2D eigenvalue weighted by Gasteiger charge is 2.41. The van der Waals surface area contributed by atoms with Gasteiger partial charge in [0.05, 0.1) is 27.0 Å². The van der Waals surface area contributed by atoms with E-state index < -0.39 is 5.25 Å². The van der Waals surface area contributed by atoms with E-state index >= 15 is 0 Å². The number of ketones is 1. The number of benzene rings is 2. The Balaban J connectivity index is 1.43. The lowest BCUT2D eigenvalue weighted by Crippen LogP contribution is -2.41. The van der Waals surface area contributed by atoms with Crippen LogP contribution in [0.3, 0.4) is 0 Å². The zero-order valence-corrected chi connectivity index (χ0v) is 25.0. The Kier molecular flexibility index (Phi) is 9.52. The fourth-order valence-electron chi connectivity index (χ4n) is 5.27. The number of piperidine rings is 1. The zero-order chi connectivity index (χ0) is 29.0. The van der Waals surface area contributed by atoms with Crippen LogP contribution in [0.1, 0.15) is 42.6 Å². The van der Waals surface area contributed by atoms with Gasteiger partial charge in [-0.3, -0.25) is 14.4 Å². The van der Waals surface area contributed by atoms with Gasteiger partial charge in [0.2, 0.25) is 17.6 Å². The Morgan fingerprint density at radius 2 is 1.60 bits per heavy atom. The molecule has 2 saturated heterocycles. The van der Waals surface area contributed by atoms with E-state index in [1.54, 1.807) is 42.5 Å². The Morgan fingerprint density at radius 3 is 2.20 bits per heavy atom. The van der Waals surface area contributed by atoms with Crippen LogP contribution in [0.5, 0.6) is 17.2 Å². The van der Waals surface area contributed by atoms with Crippen LogP contribution in [0.4, 0.5) is 5.69 Å². The summed E-state index contributed by atoms with van der Waals surface area (Å²) in [5.41, 5.74) is 1.50. The molecule has 0 aromatic heterocycles. The average molecular weight is 583 g/mol. The molecule has 4 rings (SSSR count). The summed E-state index contributed by atoms with van der Waals surface area (Å²) in [5, 5.41) is -0.548. The van der Waals surface area contributed by atoms with Crippen molar-refractivity contribution in [2.75, 3.05) is 39.3 Å². The first-order chi connectivity index (χ1) is 19.2. The number of nitrogens with zero attached hydrogens (tertiary/aromatic N) is 2. The van der Waals surface area contributed by atoms with Gasteiger partial charge in [0.15, 0.2) is 17.3 Å². The number of amides is 2. The zero-order valence-electron chi connectivity index (χ0n) is 23.3. The highest BCUT2D eigenvalue weighted by Crippen LogP contribution is 2.40. The molecule has 2 aliphatic heterocycles. The van der Waals surface area contributed by atoms with Gasteiger partial charge >= 0.3 is 0 Å². The maximum absolute atomic E-state index is 13.2. The minimum absolute atomic E-state index is 0.0964. The third-order valence-electron chi connectivity index (χ3n) is 7.03. The molecule has 10 heteroatoms. The van der Waals surface area contributed by atoms with E-state index in [9.17, 15) is 14.4 Å². The number of ether oxygens (including phenoxy) is 3. The third-order valence-corrected chi connectivity index (χ3v) is 8.69. The fraction of sp³-hybridized carbons (Fsp3) is 0.400. The number of hydrogen-bond acceptors (Lipinski definition) is 8. The molecule has 2 heterocycles. The van der Waals surface area contributed by atoms with Crippen molar-refractivity contribution in [3.63, 3.8) is 0 Å². The van der Waals surface area contributed by atoms with Crippen LogP contribution < -0.4 is 19.1 Å². The van der Waals surface area contributed by atoms with Gasteiger partial charge in [-0.1, -0.05) is 37.8 Å². The molecule has 2 aromatic carbocycles. The summed E-state index contributed by atoms with van der Waals surface area (Å²) in [4.78, 5) is 42.2. The number of anilines is 1. The highest BCUT2D eigenvalue weighted by molar-refractivity contribution is 8.23. The first-order valence-corrected chi connectivity index (χ1v) is 14.4. The standard InChI is InChI=1S/C30H34N2O6S2/c1-18-14-19(2)17-31(16-18)30(39)40-25-15-26(34)32(29(25)35)22-10-6-20(7-11-22)23(33)12-8-21-9-13-24(36-3)28(38-5)27(21)37-4/h6-13,18-19,25H,14-17H2,1-5H3/b12-8+/t18-,19-,25+/m1/s1. The average Bonchev–Trinajstić information content (AvgIpc) is 3.22. The molecule has 0 radical (unpaired) electrons. The second-order valence-electron chi connectivity index (χ2n) is 10.2. The molecule has 0 spiro atoms. The van der Waals surface area contributed by atoms with Crippen LogP contribution >= 0.6 is 24.0 Å². The SMILES string of the molecule is COc1ccc(/C=C/C(=O)c2ccc(N3C(=O)C[C@H](SC(=S)N4C[C@H](C)C[C@@H](C)C4)C3=O)cc2)c(OC)c1OC. The topological polar surface area (TPSA) is 85.4 Å². The van der Waals surface area contributed by atoms with Crippen molar-refractivity contribution in [3.05, 3.63) is 53.6 Å². The van der Waals surface area contributed by atoms with Crippen LogP contribution in [0, 0.1) is 11.8 Å². The Bertz CT molecular complexity index is 1320. The molecule has 2 aliphatic rings. The second kappa shape index (κ2) is 12.9. The van der Waals surface area contributed by atoms with Crippen LogP contribution in [-0.2, 0) is 9.59 Å². The van der Waals surface area contributed by atoms with Crippen molar-refractivity contribution < 1.29 is 28.6 Å².